The average molecular weight is 378 g/mol. The third kappa shape index (κ3) is 5.39. The molecule has 0 aromatic heterocycles. The average Bonchev–Trinajstić information content (AvgIpc) is 2.63. The predicted molar refractivity (Wildman–Crippen MR) is 98.7 cm³/mol. The largest absolute Gasteiger partial charge is 0.495 e. The maximum Gasteiger partial charge on any atom is 0.347 e. The van der Waals surface area contributed by atoms with Crippen LogP contribution in [0.2, 0.25) is 5.02 Å². The van der Waals surface area contributed by atoms with Crippen LogP contribution in [0.25, 0.3) is 0 Å². The second-order valence-corrected chi connectivity index (χ2v) is 5.92. The Labute approximate surface area is 157 Å². The van der Waals surface area contributed by atoms with Gasteiger partial charge in [0.2, 0.25) is 0 Å². The number of hydrogen-bond acceptors (Lipinski definition) is 5. The Morgan fingerprint density at radius 1 is 1.00 bits per heavy atom. The SMILES string of the molecule is COc1ccccc1NC(=O)[C@@H](C)OC(=O)[C@H](C)Oc1ccc(Cl)cc1. The van der Waals surface area contributed by atoms with E-state index in [0.29, 0.717) is 22.2 Å². The summed E-state index contributed by atoms with van der Waals surface area (Å²) in [5.41, 5.74) is 0.494. The summed E-state index contributed by atoms with van der Waals surface area (Å²) in [6.07, 6.45) is -1.87. The van der Waals surface area contributed by atoms with Crippen LogP contribution in [-0.4, -0.2) is 31.2 Å². The van der Waals surface area contributed by atoms with Crippen LogP contribution >= 0.6 is 11.6 Å². The number of rotatable bonds is 7. The molecule has 0 saturated carbocycles. The van der Waals surface area contributed by atoms with Crippen LogP contribution in [0.1, 0.15) is 13.8 Å². The van der Waals surface area contributed by atoms with Gasteiger partial charge in [-0.05, 0) is 50.2 Å². The monoisotopic (exact) mass is 377 g/mol. The predicted octanol–water partition coefficient (Wildman–Crippen LogP) is 3.69. The zero-order chi connectivity index (χ0) is 19.1. The number of ether oxygens (including phenoxy) is 3. The van der Waals surface area contributed by atoms with Crippen molar-refractivity contribution in [3.05, 3.63) is 53.6 Å². The molecule has 0 fully saturated rings. The van der Waals surface area contributed by atoms with E-state index in [1.807, 2.05) is 0 Å². The third-order valence-electron chi connectivity index (χ3n) is 3.49. The summed E-state index contributed by atoms with van der Waals surface area (Å²) in [6, 6.07) is 13.5. The molecule has 0 aliphatic rings. The number of carbonyl (C=O) groups excluding carboxylic acids is 2. The van der Waals surface area contributed by atoms with Crippen molar-refractivity contribution in [3.8, 4) is 11.5 Å². The molecule has 0 aliphatic heterocycles. The molecule has 26 heavy (non-hydrogen) atoms. The number of benzene rings is 2. The normalized spacial score (nSPS) is 12.6. The van der Waals surface area contributed by atoms with Gasteiger partial charge in [0.05, 0.1) is 12.8 Å². The summed E-state index contributed by atoms with van der Waals surface area (Å²) >= 11 is 5.80. The highest BCUT2D eigenvalue weighted by molar-refractivity contribution is 6.30. The molecule has 0 bridgehead atoms. The molecule has 1 N–H and O–H groups in total. The Bertz CT molecular complexity index is 763. The number of anilines is 1. The highest BCUT2D eigenvalue weighted by atomic mass is 35.5. The second kappa shape index (κ2) is 9.10. The van der Waals surface area contributed by atoms with Crippen LogP contribution in [0.5, 0.6) is 11.5 Å². The zero-order valence-electron chi connectivity index (χ0n) is 14.7. The van der Waals surface area contributed by atoms with Crippen molar-refractivity contribution in [1.29, 1.82) is 0 Å². The molecule has 0 heterocycles. The smallest absolute Gasteiger partial charge is 0.347 e. The number of carbonyl (C=O) groups is 2. The standard InChI is InChI=1S/C19H20ClNO5/c1-12(18(22)21-16-6-4-5-7-17(16)24-3)26-19(23)13(2)25-15-10-8-14(20)9-11-15/h4-13H,1-3H3,(H,21,22)/t12-,13+/m1/s1. The molecule has 0 unspecified atom stereocenters. The van der Waals surface area contributed by atoms with Gasteiger partial charge in [0, 0.05) is 5.02 Å². The Morgan fingerprint density at radius 2 is 1.65 bits per heavy atom. The molecule has 2 atom stereocenters. The van der Waals surface area contributed by atoms with Crippen molar-refractivity contribution in [2.45, 2.75) is 26.1 Å². The van der Waals surface area contributed by atoms with Crippen LogP contribution < -0.4 is 14.8 Å². The Hall–Kier alpha value is -2.73. The number of hydrogen-bond donors (Lipinski definition) is 1. The van der Waals surface area contributed by atoms with Crippen molar-refractivity contribution in [2.24, 2.45) is 0 Å². The lowest BCUT2D eigenvalue weighted by atomic mass is 10.2. The minimum Gasteiger partial charge on any atom is -0.495 e. The van der Waals surface area contributed by atoms with E-state index >= 15 is 0 Å². The van der Waals surface area contributed by atoms with E-state index in [0.717, 1.165) is 0 Å². The minimum atomic E-state index is -0.997. The summed E-state index contributed by atoms with van der Waals surface area (Å²) < 4.78 is 15.8. The maximum absolute atomic E-state index is 12.2. The van der Waals surface area contributed by atoms with E-state index in [-0.39, 0.29) is 0 Å². The van der Waals surface area contributed by atoms with Gasteiger partial charge < -0.3 is 19.5 Å². The first-order chi connectivity index (χ1) is 12.4. The summed E-state index contributed by atoms with van der Waals surface area (Å²) in [5.74, 6) is -0.132. The second-order valence-electron chi connectivity index (χ2n) is 5.48. The summed E-state index contributed by atoms with van der Waals surface area (Å²) in [5, 5.41) is 3.23. The molecular formula is C19H20ClNO5. The van der Waals surface area contributed by atoms with E-state index in [9.17, 15) is 9.59 Å². The Kier molecular flexibility index (Phi) is 6.86. The molecule has 6 nitrogen and oxygen atoms in total. The number of nitrogens with one attached hydrogen (secondary N) is 1. The van der Waals surface area contributed by atoms with E-state index in [4.69, 9.17) is 25.8 Å². The van der Waals surface area contributed by atoms with Crippen molar-refractivity contribution >= 4 is 29.2 Å². The fourth-order valence-corrected chi connectivity index (χ4v) is 2.20. The fourth-order valence-electron chi connectivity index (χ4n) is 2.07. The van der Waals surface area contributed by atoms with Crippen molar-refractivity contribution < 1.29 is 23.8 Å². The number of para-hydroxylation sites is 2. The molecule has 0 aliphatic carbocycles. The molecule has 2 aromatic carbocycles. The van der Waals surface area contributed by atoms with Gasteiger partial charge in [0.25, 0.3) is 5.91 Å². The number of halogens is 1. The van der Waals surface area contributed by atoms with Crippen molar-refractivity contribution in [3.63, 3.8) is 0 Å². The number of amides is 1. The molecule has 1 amide bonds. The van der Waals surface area contributed by atoms with Gasteiger partial charge in [0.15, 0.2) is 12.2 Å². The van der Waals surface area contributed by atoms with E-state index in [2.05, 4.69) is 5.32 Å². The Morgan fingerprint density at radius 3 is 2.31 bits per heavy atom. The molecular weight excluding hydrogens is 358 g/mol. The number of esters is 1. The molecule has 0 saturated heterocycles. The van der Waals surface area contributed by atoms with Gasteiger partial charge in [-0.25, -0.2) is 4.79 Å². The van der Waals surface area contributed by atoms with Crippen LogP contribution in [-0.2, 0) is 14.3 Å². The minimum absolute atomic E-state index is 0.471. The molecule has 0 radical (unpaired) electrons. The maximum atomic E-state index is 12.2. The summed E-state index contributed by atoms with van der Waals surface area (Å²) in [7, 11) is 1.50. The molecule has 7 heteroatoms. The summed E-state index contributed by atoms with van der Waals surface area (Å²) in [4.78, 5) is 24.4. The topological polar surface area (TPSA) is 73.9 Å². The highest BCUT2D eigenvalue weighted by Crippen LogP contribution is 2.23. The molecule has 138 valence electrons. The molecule has 2 aromatic rings. The number of methoxy groups -OCH3 is 1. The van der Waals surface area contributed by atoms with Gasteiger partial charge in [0.1, 0.15) is 11.5 Å². The van der Waals surface area contributed by atoms with Gasteiger partial charge in [-0.15, -0.1) is 0 Å². The molecule has 2 rings (SSSR count). The van der Waals surface area contributed by atoms with Crippen molar-refractivity contribution in [1.82, 2.24) is 0 Å². The van der Waals surface area contributed by atoms with Crippen LogP contribution in [0.15, 0.2) is 48.5 Å². The van der Waals surface area contributed by atoms with E-state index < -0.39 is 24.1 Å². The highest BCUT2D eigenvalue weighted by Gasteiger charge is 2.23. The zero-order valence-corrected chi connectivity index (χ0v) is 15.4. The van der Waals surface area contributed by atoms with Crippen LogP contribution in [0.4, 0.5) is 5.69 Å². The Balaban J connectivity index is 1.90. The fraction of sp³-hybridized carbons (Fsp3) is 0.263. The van der Waals surface area contributed by atoms with E-state index in [1.54, 1.807) is 55.5 Å². The van der Waals surface area contributed by atoms with Crippen LogP contribution in [0.3, 0.4) is 0 Å². The van der Waals surface area contributed by atoms with Gasteiger partial charge in [-0.2, -0.15) is 0 Å². The first-order valence-corrected chi connectivity index (χ1v) is 8.35. The van der Waals surface area contributed by atoms with Gasteiger partial charge >= 0.3 is 5.97 Å². The first kappa shape index (κ1) is 19.6. The lowest BCUT2D eigenvalue weighted by molar-refractivity contribution is -0.159. The first-order valence-electron chi connectivity index (χ1n) is 7.97. The van der Waals surface area contributed by atoms with Gasteiger partial charge in [-0.3, -0.25) is 4.79 Å². The molecule has 0 spiro atoms. The van der Waals surface area contributed by atoms with E-state index in [1.165, 1.54) is 14.0 Å². The van der Waals surface area contributed by atoms with Gasteiger partial charge in [-0.1, -0.05) is 23.7 Å². The third-order valence-corrected chi connectivity index (χ3v) is 3.74. The van der Waals surface area contributed by atoms with Crippen molar-refractivity contribution in [2.75, 3.05) is 12.4 Å². The van der Waals surface area contributed by atoms with Crippen LogP contribution in [0, 0.1) is 0 Å². The lowest BCUT2D eigenvalue weighted by Crippen LogP contribution is -2.35. The lowest BCUT2D eigenvalue weighted by Gasteiger charge is -2.18. The quantitative estimate of drug-likeness (QED) is 0.745. The summed E-state index contributed by atoms with van der Waals surface area (Å²) in [6.45, 7) is 3.03.